The highest BCUT2D eigenvalue weighted by molar-refractivity contribution is 7.80. The first kappa shape index (κ1) is 14.8. The molecule has 2 N–H and O–H groups in total. The molecule has 3 rings (SSSR count). The first-order valence-electron chi connectivity index (χ1n) is 6.20. The quantitative estimate of drug-likeness (QED) is 0.552. The summed E-state index contributed by atoms with van der Waals surface area (Å²) in [6, 6.07) is 4.89. The number of esters is 1. The Hall–Kier alpha value is -2.17. The SMILES string of the molecule is CCOC(=O)c1snc2c1nnc1ccc(NS(=O)O)cc12. The highest BCUT2D eigenvalue weighted by Gasteiger charge is 2.19. The van der Waals surface area contributed by atoms with Gasteiger partial charge >= 0.3 is 5.97 Å². The zero-order valence-electron chi connectivity index (χ0n) is 11.3. The summed E-state index contributed by atoms with van der Waals surface area (Å²) >= 11 is -1.19. The van der Waals surface area contributed by atoms with E-state index in [2.05, 4.69) is 19.3 Å². The Balaban J connectivity index is 2.17. The maximum absolute atomic E-state index is 11.9. The van der Waals surface area contributed by atoms with Crippen LogP contribution in [0.5, 0.6) is 0 Å². The van der Waals surface area contributed by atoms with Gasteiger partial charge in [-0.05, 0) is 36.7 Å². The molecule has 0 aliphatic rings. The summed E-state index contributed by atoms with van der Waals surface area (Å²) in [5.74, 6) is -0.491. The molecule has 0 radical (unpaired) electrons. The number of aromatic nitrogens is 3. The summed E-state index contributed by atoms with van der Waals surface area (Å²) in [5, 5.41) is 8.71. The van der Waals surface area contributed by atoms with Crippen molar-refractivity contribution in [3.8, 4) is 0 Å². The Bertz CT molecular complexity index is 895. The van der Waals surface area contributed by atoms with Gasteiger partial charge < -0.3 is 4.74 Å². The van der Waals surface area contributed by atoms with Crippen LogP contribution in [-0.4, -0.2) is 35.9 Å². The van der Waals surface area contributed by atoms with Crippen LogP contribution in [0.15, 0.2) is 18.2 Å². The fraction of sp³-hybridized carbons (Fsp3) is 0.167. The number of carbonyl (C=O) groups excluding carboxylic acids is 1. The fourth-order valence-electron chi connectivity index (χ4n) is 1.97. The summed E-state index contributed by atoms with van der Waals surface area (Å²) in [4.78, 5) is 12.2. The zero-order valence-corrected chi connectivity index (χ0v) is 12.9. The lowest BCUT2D eigenvalue weighted by atomic mass is 10.2. The largest absolute Gasteiger partial charge is 0.462 e. The van der Waals surface area contributed by atoms with Gasteiger partial charge in [-0.25, -0.2) is 9.00 Å². The van der Waals surface area contributed by atoms with Crippen molar-refractivity contribution in [1.29, 1.82) is 0 Å². The van der Waals surface area contributed by atoms with Crippen molar-refractivity contribution < 1.29 is 18.3 Å². The Labute approximate surface area is 131 Å². The van der Waals surface area contributed by atoms with E-state index in [4.69, 9.17) is 9.29 Å². The van der Waals surface area contributed by atoms with Crippen LogP contribution in [0.3, 0.4) is 0 Å². The molecule has 0 bridgehead atoms. The van der Waals surface area contributed by atoms with Gasteiger partial charge in [0, 0.05) is 11.1 Å². The van der Waals surface area contributed by atoms with E-state index in [0.717, 1.165) is 11.5 Å². The lowest BCUT2D eigenvalue weighted by Crippen LogP contribution is -2.03. The molecule has 22 heavy (non-hydrogen) atoms. The molecule has 0 saturated carbocycles. The Morgan fingerprint density at radius 2 is 2.23 bits per heavy atom. The van der Waals surface area contributed by atoms with Gasteiger partial charge in [0.15, 0.2) is 4.88 Å². The van der Waals surface area contributed by atoms with E-state index in [0.29, 0.717) is 27.6 Å². The van der Waals surface area contributed by atoms with Gasteiger partial charge in [0.25, 0.3) is 11.3 Å². The average molecular weight is 338 g/mol. The van der Waals surface area contributed by atoms with E-state index in [1.165, 1.54) is 0 Å². The van der Waals surface area contributed by atoms with Gasteiger partial charge in [0.2, 0.25) is 0 Å². The molecule has 0 amide bonds. The molecule has 8 nitrogen and oxygen atoms in total. The zero-order chi connectivity index (χ0) is 15.7. The number of carbonyl (C=O) groups is 1. The number of benzene rings is 1. The normalized spacial score (nSPS) is 12.5. The van der Waals surface area contributed by atoms with Crippen LogP contribution in [0.4, 0.5) is 5.69 Å². The smallest absolute Gasteiger partial charge is 0.352 e. The topological polar surface area (TPSA) is 114 Å². The Morgan fingerprint density at radius 3 is 2.95 bits per heavy atom. The number of anilines is 1. The number of nitrogens with zero attached hydrogens (tertiary/aromatic N) is 3. The first-order chi connectivity index (χ1) is 10.6. The maximum atomic E-state index is 11.9. The molecule has 1 unspecified atom stereocenters. The van der Waals surface area contributed by atoms with Gasteiger partial charge in [-0.3, -0.25) is 9.27 Å². The van der Waals surface area contributed by atoms with Crippen LogP contribution >= 0.6 is 11.5 Å². The molecule has 0 aliphatic carbocycles. The molecule has 3 aromatic rings. The van der Waals surface area contributed by atoms with Gasteiger partial charge in [0.05, 0.1) is 12.1 Å². The monoisotopic (exact) mass is 338 g/mol. The molecule has 2 heterocycles. The van der Waals surface area contributed by atoms with E-state index in [-0.39, 0.29) is 11.5 Å². The number of rotatable bonds is 4. The summed E-state index contributed by atoms with van der Waals surface area (Å²) in [6.45, 7) is 1.98. The second kappa shape index (κ2) is 5.91. The minimum Gasteiger partial charge on any atom is -0.462 e. The van der Waals surface area contributed by atoms with E-state index < -0.39 is 17.2 Å². The number of nitrogens with one attached hydrogen (secondary N) is 1. The van der Waals surface area contributed by atoms with Gasteiger partial charge in [0.1, 0.15) is 11.0 Å². The standard InChI is InChI=1S/C12H10N4O4S2/c1-2-20-12(17)11-10-9(15-21-11)7-5-6(16-22(18)19)3-4-8(7)13-14-10/h3-5,16H,2H2,1H3,(H,18,19). The van der Waals surface area contributed by atoms with Crippen LogP contribution in [-0.2, 0) is 16.0 Å². The maximum Gasteiger partial charge on any atom is 0.352 e. The average Bonchev–Trinajstić information content (AvgIpc) is 2.91. The van der Waals surface area contributed by atoms with Crippen molar-refractivity contribution >= 4 is 56.4 Å². The van der Waals surface area contributed by atoms with Crippen molar-refractivity contribution in [3.63, 3.8) is 0 Å². The van der Waals surface area contributed by atoms with E-state index >= 15 is 0 Å². The number of ether oxygens (including phenoxy) is 1. The van der Waals surface area contributed by atoms with Gasteiger partial charge in [-0.15, -0.1) is 10.2 Å². The number of hydrogen-bond donors (Lipinski definition) is 2. The minimum atomic E-state index is -2.18. The summed E-state index contributed by atoms with van der Waals surface area (Å²) in [7, 11) is 0. The third-order valence-electron chi connectivity index (χ3n) is 2.84. The van der Waals surface area contributed by atoms with E-state index in [9.17, 15) is 9.00 Å². The number of fused-ring (bicyclic) bond motifs is 3. The van der Waals surface area contributed by atoms with Crippen LogP contribution in [0.1, 0.15) is 16.6 Å². The van der Waals surface area contributed by atoms with Crippen molar-refractivity contribution in [2.75, 3.05) is 11.3 Å². The van der Waals surface area contributed by atoms with Crippen LogP contribution in [0.2, 0.25) is 0 Å². The lowest BCUT2D eigenvalue weighted by molar-refractivity contribution is 0.0534. The number of hydrogen-bond acceptors (Lipinski definition) is 7. The molecular weight excluding hydrogens is 328 g/mol. The summed E-state index contributed by atoms with van der Waals surface area (Å²) in [5.41, 5.74) is 1.87. The Morgan fingerprint density at radius 1 is 1.41 bits per heavy atom. The molecule has 0 saturated heterocycles. The molecule has 0 fully saturated rings. The van der Waals surface area contributed by atoms with Crippen molar-refractivity contribution in [2.45, 2.75) is 6.92 Å². The minimum absolute atomic E-state index is 0.260. The molecular formula is C12H10N4O4S2. The van der Waals surface area contributed by atoms with Crippen LogP contribution < -0.4 is 4.72 Å². The van der Waals surface area contributed by atoms with E-state index in [1.807, 2.05) is 0 Å². The second-order valence-corrected chi connectivity index (χ2v) is 5.69. The molecule has 2 aromatic heterocycles. The highest BCUT2D eigenvalue weighted by Crippen LogP contribution is 2.28. The second-order valence-electron chi connectivity index (χ2n) is 4.21. The third-order valence-corrected chi connectivity index (χ3v) is 4.07. The molecule has 1 aromatic carbocycles. The summed E-state index contributed by atoms with van der Waals surface area (Å²) < 4.78 is 31.3. The van der Waals surface area contributed by atoms with E-state index in [1.54, 1.807) is 25.1 Å². The fourth-order valence-corrected chi connectivity index (χ4v) is 3.02. The Kier molecular flexibility index (Phi) is 3.96. The van der Waals surface area contributed by atoms with Crippen LogP contribution in [0, 0.1) is 0 Å². The predicted octanol–water partition coefficient (Wildman–Crippen LogP) is 1.96. The van der Waals surface area contributed by atoms with Crippen LogP contribution in [0.25, 0.3) is 21.9 Å². The summed E-state index contributed by atoms with van der Waals surface area (Å²) in [6.07, 6.45) is 0. The highest BCUT2D eigenvalue weighted by atomic mass is 32.2. The third kappa shape index (κ3) is 2.63. The molecule has 114 valence electrons. The molecule has 0 spiro atoms. The first-order valence-corrected chi connectivity index (χ1v) is 8.08. The molecule has 10 heteroatoms. The lowest BCUT2D eigenvalue weighted by Gasteiger charge is -2.03. The van der Waals surface area contributed by atoms with Crippen molar-refractivity contribution in [3.05, 3.63) is 23.1 Å². The van der Waals surface area contributed by atoms with Crippen molar-refractivity contribution in [1.82, 2.24) is 14.6 Å². The predicted molar refractivity (Wildman–Crippen MR) is 83.1 cm³/mol. The van der Waals surface area contributed by atoms with Gasteiger partial charge in [-0.2, -0.15) is 4.37 Å². The molecule has 0 aliphatic heterocycles. The molecule has 1 atom stereocenters. The van der Waals surface area contributed by atoms with Gasteiger partial charge in [-0.1, -0.05) is 0 Å². The van der Waals surface area contributed by atoms with Crippen molar-refractivity contribution in [2.24, 2.45) is 0 Å².